The van der Waals surface area contributed by atoms with Gasteiger partial charge in [0.2, 0.25) is 4.08 Å². The summed E-state index contributed by atoms with van der Waals surface area (Å²) >= 11 is 0. The quantitative estimate of drug-likeness (QED) is 0.625. The van der Waals surface area contributed by atoms with Crippen LogP contribution >= 0.6 is 0 Å². The Kier molecular flexibility index (Phi) is 2.52. The molecule has 0 amide bonds. The molecule has 0 bridgehead atoms. The second kappa shape index (κ2) is 3.12. The minimum Gasteiger partial charge on any atom is -0.284 e. The van der Waals surface area contributed by atoms with Crippen LogP contribution < -0.4 is 0 Å². The highest BCUT2D eigenvalue weighted by molar-refractivity contribution is 8.05. The van der Waals surface area contributed by atoms with Gasteiger partial charge in [-0.1, -0.05) is 0 Å². The van der Waals surface area contributed by atoms with E-state index in [1.807, 2.05) is 0 Å². The Balaban J connectivity index is 3.48. The first-order valence-corrected chi connectivity index (χ1v) is 6.22. The lowest BCUT2D eigenvalue weighted by Gasteiger charge is -2.23. The Morgan fingerprint density at radius 3 is 1.86 bits per heavy atom. The van der Waals surface area contributed by atoms with Gasteiger partial charge in [-0.15, -0.1) is 0 Å². The largest absolute Gasteiger partial charge is 0.291 e. The molecule has 1 aliphatic rings. The van der Waals surface area contributed by atoms with Gasteiger partial charge in [-0.3, -0.25) is 14.1 Å². The maximum Gasteiger partial charge on any atom is 0.291 e. The van der Waals surface area contributed by atoms with Crippen LogP contribution in [0.4, 0.5) is 0 Å². The summed E-state index contributed by atoms with van der Waals surface area (Å²) in [4.78, 5) is 3.44. The summed E-state index contributed by atoms with van der Waals surface area (Å²) in [6.45, 7) is 0. The normalized spacial score (nSPS) is 21.0. The highest BCUT2D eigenvalue weighted by atomic mass is 32.3. The molecule has 1 heterocycles. The Bertz CT molecular complexity index is 452. The number of hydrogen-bond acceptors (Lipinski definition) is 5. The van der Waals surface area contributed by atoms with E-state index in [0.29, 0.717) is 6.08 Å². The zero-order valence-electron chi connectivity index (χ0n) is 6.73. The van der Waals surface area contributed by atoms with Crippen LogP contribution in [-0.2, 0) is 20.2 Å². The van der Waals surface area contributed by atoms with E-state index in [-0.39, 0.29) is 0 Å². The first-order valence-electron chi connectivity index (χ1n) is 3.34. The summed E-state index contributed by atoms with van der Waals surface area (Å²) in [5, 5.41) is 0. The van der Waals surface area contributed by atoms with Gasteiger partial charge in [0.1, 0.15) is 0 Å². The smallest absolute Gasteiger partial charge is 0.284 e. The fraction of sp³-hybridized carbons (Fsp3) is 0.400. The molecule has 0 unspecified atom stereocenters. The standard InChI is InChI=1S/C5H7NO6S2/c7-13(8,9)5(14(10,11)12)1-3-6-4-2-5/h1,3-4H,2H2,(H,7,8,9)(H,10,11,12). The highest BCUT2D eigenvalue weighted by Crippen LogP contribution is 2.29. The molecular weight excluding hydrogens is 234 g/mol. The Hall–Kier alpha value is -0.770. The number of hydrogen-bond donors (Lipinski definition) is 2. The minimum atomic E-state index is -4.96. The molecule has 0 aromatic rings. The maximum absolute atomic E-state index is 10.9. The van der Waals surface area contributed by atoms with Gasteiger partial charge in [-0.05, 0) is 6.08 Å². The molecule has 9 heteroatoms. The fourth-order valence-corrected chi connectivity index (χ4v) is 3.08. The summed E-state index contributed by atoms with van der Waals surface area (Å²) in [6.07, 6.45) is 1.85. The van der Waals surface area contributed by atoms with Crippen molar-refractivity contribution in [2.75, 3.05) is 0 Å². The van der Waals surface area contributed by atoms with E-state index in [9.17, 15) is 16.8 Å². The summed E-state index contributed by atoms with van der Waals surface area (Å²) in [6, 6.07) is 0. The van der Waals surface area contributed by atoms with E-state index in [2.05, 4.69) is 4.99 Å². The van der Waals surface area contributed by atoms with Gasteiger partial charge < -0.3 is 0 Å². The third-order valence-electron chi connectivity index (χ3n) is 1.77. The predicted molar refractivity (Wildman–Crippen MR) is 48.1 cm³/mol. The van der Waals surface area contributed by atoms with E-state index < -0.39 is 30.7 Å². The van der Waals surface area contributed by atoms with Crippen LogP contribution in [0, 0.1) is 0 Å². The third kappa shape index (κ3) is 1.59. The summed E-state index contributed by atoms with van der Waals surface area (Å²) < 4.78 is 58.2. The lowest BCUT2D eigenvalue weighted by atomic mass is 10.3. The molecule has 1 aliphatic heterocycles. The minimum absolute atomic E-state index is 0.623. The maximum atomic E-state index is 10.9. The summed E-state index contributed by atoms with van der Waals surface area (Å²) in [5.41, 5.74) is 0. The molecule has 0 atom stereocenters. The van der Waals surface area contributed by atoms with E-state index in [1.165, 1.54) is 0 Å². The van der Waals surface area contributed by atoms with Gasteiger partial charge in [0, 0.05) is 18.8 Å². The second-order valence-corrected chi connectivity index (χ2v) is 6.23. The molecular formula is C5H7NO6S2. The molecule has 0 saturated heterocycles. The van der Waals surface area contributed by atoms with Gasteiger partial charge in [-0.25, -0.2) is 0 Å². The van der Waals surface area contributed by atoms with Crippen molar-refractivity contribution < 1.29 is 25.9 Å². The zero-order chi connectivity index (χ0) is 11.0. The van der Waals surface area contributed by atoms with Crippen molar-refractivity contribution >= 4 is 26.5 Å². The number of rotatable bonds is 2. The molecule has 2 N–H and O–H groups in total. The average molecular weight is 241 g/mol. The van der Waals surface area contributed by atoms with Gasteiger partial charge in [0.05, 0.1) is 0 Å². The molecule has 7 nitrogen and oxygen atoms in total. The van der Waals surface area contributed by atoms with Crippen LogP contribution in [0.2, 0.25) is 0 Å². The van der Waals surface area contributed by atoms with E-state index in [1.54, 1.807) is 0 Å². The van der Waals surface area contributed by atoms with Crippen LogP contribution in [0.5, 0.6) is 0 Å². The first kappa shape index (κ1) is 11.3. The van der Waals surface area contributed by atoms with Gasteiger partial charge in [0.25, 0.3) is 20.2 Å². The lowest BCUT2D eigenvalue weighted by Crippen LogP contribution is -2.45. The topological polar surface area (TPSA) is 121 Å². The first-order chi connectivity index (χ1) is 6.21. The number of nitrogens with zero attached hydrogens (tertiary/aromatic N) is 1. The SMILES string of the molecule is O=S(=O)(O)C1(S(=O)(=O)O)C=CN=CC1. The van der Waals surface area contributed by atoms with Crippen LogP contribution in [0.25, 0.3) is 0 Å². The molecule has 0 saturated carbocycles. The molecule has 0 spiro atoms. The van der Waals surface area contributed by atoms with E-state index in [4.69, 9.17) is 9.11 Å². The molecule has 0 aliphatic carbocycles. The molecule has 0 aromatic carbocycles. The third-order valence-corrected chi connectivity index (χ3v) is 5.38. The Morgan fingerprint density at radius 1 is 1.14 bits per heavy atom. The molecule has 0 radical (unpaired) electrons. The van der Waals surface area contributed by atoms with Crippen molar-refractivity contribution in [3.8, 4) is 0 Å². The Morgan fingerprint density at radius 2 is 1.64 bits per heavy atom. The van der Waals surface area contributed by atoms with Gasteiger partial charge >= 0.3 is 0 Å². The van der Waals surface area contributed by atoms with Crippen molar-refractivity contribution in [1.82, 2.24) is 0 Å². The molecule has 14 heavy (non-hydrogen) atoms. The van der Waals surface area contributed by atoms with Crippen molar-refractivity contribution in [3.05, 3.63) is 12.3 Å². The highest BCUT2D eigenvalue weighted by Gasteiger charge is 2.52. The van der Waals surface area contributed by atoms with Crippen LogP contribution in [0.15, 0.2) is 17.3 Å². The summed E-state index contributed by atoms with van der Waals surface area (Å²) in [5.74, 6) is 0. The van der Waals surface area contributed by atoms with Crippen molar-refractivity contribution in [1.29, 1.82) is 0 Å². The van der Waals surface area contributed by atoms with Gasteiger partial charge in [-0.2, -0.15) is 16.8 Å². The molecule has 0 fully saturated rings. The van der Waals surface area contributed by atoms with Crippen molar-refractivity contribution in [2.24, 2.45) is 4.99 Å². The second-order valence-electron chi connectivity index (χ2n) is 2.61. The Labute approximate surface area is 80.7 Å². The molecule has 0 aromatic heterocycles. The number of aliphatic imine (C=N–C) groups is 1. The van der Waals surface area contributed by atoms with Crippen molar-refractivity contribution in [2.45, 2.75) is 10.5 Å². The zero-order valence-corrected chi connectivity index (χ0v) is 8.36. The van der Waals surface area contributed by atoms with Crippen molar-refractivity contribution in [3.63, 3.8) is 0 Å². The predicted octanol–water partition coefficient (Wildman–Crippen LogP) is -0.553. The van der Waals surface area contributed by atoms with Crippen LogP contribution in [0.1, 0.15) is 6.42 Å². The fourth-order valence-electron chi connectivity index (χ4n) is 0.981. The van der Waals surface area contributed by atoms with E-state index >= 15 is 0 Å². The van der Waals surface area contributed by atoms with Crippen LogP contribution in [0.3, 0.4) is 0 Å². The average Bonchev–Trinajstić information content (AvgIpc) is 2.02. The van der Waals surface area contributed by atoms with Gasteiger partial charge in [0.15, 0.2) is 0 Å². The monoisotopic (exact) mass is 241 g/mol. The van der Waals surface area contributed by atoms with Crippen LogP contribution in [-0.4, -0.2) is 36.2 Å². The lowest BCUT2D eigenvalue weighted by molar-refractivity contribution is 0.439. The summed E-state index contributed by atoms with van der Waals surface area (Å²) in [7, 11) is -9.92. The molecule has 80 valence electrons. The molecule has 1 rings (SSSR count). The van der Waals surface area contributed by atoms with E-state index in [0.717, 1.165) is 12.4 Å².